The van der Waals surface area contributed by atoms with Crippen LogP contribution in [-0.2, 0) is 32.5 Å². The van der Waals surface area contributed by atoms with Crippen LogP contribution in [0.1, 0.15) is 37.6 Å². The summed E-state index contributed by atoms with van der Waals surface area (Å²) in [4.78, 5) is 17.2. The molecule has 1 spiro atoms. The molecule has 1 aliphatic carbocycles. The molecule has 2 aliphatic heterocycles. The molecule has 3 heterocycles. The summed E-state index contributed by atoms with van der Waals surface area (Å²) in [5.41, 5.74) is -0.400. The van der Waals surface area contributed by atoms with Gasteiger partial charge in [0.1, 0.15) is 11.5 Å². The highest BCUT2D eigenvalue weighted by Gasteiger charge is 2.47. The maximum atomic E-state index is 13.5. The Bertz CT molecular complexity index is 1000. The van der Waals surface area contributed by atoms with Crippen LogP contribution in [0, 0.1) is 5.92 Å². The highest BCUT2D eigenvalue weighted by molar-refractivity contribution is 5.81. The topological polar surface area (TPSA) is 46.9 Å². The van der Waals surface area contributed by atoms with Crippen LogP contribution in [0.4, 0.5) is 13.2 Å². The smallest absolute Gasteiger partial charge is 0.431 e. The average Bonchev–Trinajstić information content (AvgIpc) is 3.22. The average molecular weight is 466 g/mol. The van der Waals surface area contributed by atoms with E-state index in [2.05, 4.69) is 11.5 Å². The molecule has 0 radical (unpaired) electrons. The molecule has 0 N–H and O–H groups in total. The summed E-state index contributed by atoms with van der Waals surface area (Å²) in [5.74, 6) is 1.31. The molecule has 1 aromatic heterocycles. The number of aromatic nitrogens is 1. The van der Waals surface area contributed by atoms with E-state index in [9.17, 15) is 18.0 Å². The van der Waals surface area contributed by atoms with Crippen LogP contribution < -0.4 is 0 Å². The van der Waals surface area contributed by atoms with E-state index in [4.69, 9.17) is 9.47 Å². The minimum absolute atomic E-state index is 0.00477. The van der Waals surface area contributed by atoms with E-state index >= 15 is 0 Å². The van der Waals surface area contributed by atoms with E-state index in [-0.39, 0.29) is 11.8 Å². The summed E-state index contributed by atoms with van der Waals surface area (Å²) in [6.45, 7) is 7.30. The number of carbonyl (C=O) groups is 1. The fourth-order valence-electron chi connectivity index (χ4n) is 5.29. The molecule has 1 amide bonds. The molecular weight excluding hydrogens is 435 g/mol. The van der Waals surface area contributed by atoms with Gasteiger partial charge < -0.3 is 18.9 Å². The summed E-state index contributed by atoms with van der Waals surface area (Å²) in [7, 11) is 3.51. The number of amides is 1. The van der Waals surface area contributed by atoms with Gasteiger partial charge in [-0.15, -0.1) is 0 Å². The number of rotatable bonds is 4. The molecule has 33 heavy (non-hydrogen) atoms. The first-order chi connectivity index (χ1) is 15.6. The third-order valence-electron chi connectivity index (χ3n) is 7.05. The number of likely N-dealkylation sites (tertiary alicyclic amines) is 1. The molecule has 9 heteroatoms. The van der Waals surface area contributed by atoms with Crippen LogP contribution >= 0.6 is 0 Å². The zero-order valence-corrected chi connectivity index (χ0v) is 19.2. The van der Waals surface area contributed by atoms with Gasteiger partial charge in [0.25, 0.3) is 0 Å². The fraction of sp³-hybridized carbons (Fsp3) is 0.542. The lowest BCUT2D eigenvalue weighted by Crippen LogP contribution is -2.57. The van der Waals surface area contributed by atoms with E-state index < -0.39 is 17.4 Å². The van der Waals surface area contributed by atoms with Crippen molar-refractivity contribution in [3.05, 3.63) is 59.5 Å². The Hall–Kier alpha value is -2.68. The number of hydrogen-bond donors (Lipinski definition) is 0. The third kappa shape index (κ3) is 4.18. The lowest BCUT2D eigenvalue weighted by Gasteiger charge is -2.51. The Morgan fingerprint density at radius 2 is 1.88 bits per heavy atom. The number of ether oxygens (including phenoxy) is 2. The van der Waals surface area contributed by atoms with Gasteiger partial charge in [-0.2, -0.15) is 13.2 Å². The lowest BCUT2D eigenvalue weighted by atomic mass is 9.81. The van der Waals surface area contributed by atoms with Crippen molar-refractivity contribution in [3.8, 4) is 0 Å². The molecule has 4 rings (SSSR count). The summed E-state index contributed by atoms with van der Waals surface area (Å²) < 4.78 is 52.8. The van der Waals surface area contributed by atoms with Crippen molar-refractivity contribution in [1.82, 2.24) is 14.4 Å². The maximum absolute atomic E-state index is 13.5. The molecule has 0 saturated carbocycles. The number of hydrogen-bond acceptors (Lipinski definition) is 4. The molecule has 1 unspecified atom stereocenters. The number of alkyl halides is 3. The van der Waals surface area contributed by atoms with E-state index in [1.165, 1.54) is 10.6 Å². The number of carbonyl (C=O) groups excluding carboxylic acids is 1. The summed E-state index contributed by atoms with van der Waals surface area (Å²) in [6, 6.07) is 2.79. The molecule has 3 aliphatic rings. The molecule has 180 valence electrons. The lowest BCUT2D eigenvalue weighted by molar-refractivity contribution is -0.145. The zero-order valence-electron chi connectivity index (χ0n) is 19.2. The van der Waals surface area contributed by atoms with Crippen molar-refractivity contribution in [2.75, 3.05) is 33.8 Å². The van der Waals surface area contributed by atoms with Crippen molar-refractivity contribution >= 4 is 5.91 Å². The predicted octanol–water partition coefficient (Wildman–Crippen LogP) is 4.25. The molecule has 1 fully saturated rings. The Morgan fingerprint density at radius 3 is 2.48 bits per heavy atom. The number of methoxy groups -OCH3 is 1. The predicted molar refractivity (Wildman–Crippen MR) is 117 cm³/mol. The van der Waals surface area contributed by atoms with Crippen LogP contribution in [0.3, 0.4) is 0 Å². The van der Waals surface area contributed by atoms with Crippen molar-refractivity contribution < 1.29 is 27.4 Å². The minimum atomic E-state index is -4.38. The number of halogens is 3. The SMILES string of the molecule is C=C(C)OC1=C(OC)CC(C(=O)N2CCC3(CC2)c2ccc(C(F)(F)F)n2CCN3C)C=C1. The van der Waals surface area contributed by atoms with E-state index in [0.29, 0.717) is 68.4 Å². The fourth-order valence-corrected chi connectivity index (χ4v) is 5.29. The summed E-state index contributed by atoms with van der Waals surface area (Å²) >= 11 is 0. The van der Waals surface area contributed by atoms with E-state index in [0.717, 1.165) is 0 Å². The Labute approximate surface area is 191 Å². The first-order valence-electron chi connectivity index (χ1n) is 11.1. The van der Waals surface area contributed by atoms with Crippen molar-refractivity contribution in [2.45, 2.75) is 44.4 Å². The molecule has 6 nitrogen and oxygen atoms in total. The van der Waals surface area contributed by atoms with E-state index in [1.54, 1.807) is 26.2 Å². The van der Waals surface area contributed by atoms with Crippen molar-refractivity contribution in [1.29, 1.82) is 0 Å². The van der Waals surface area contributed by atoms with Gasteiger partial charge in [0, 0.05) is 38.3 Å². The maximum Gasteiger partial charge on any atom is 0.431 e. The van der Waals surface area contributed by atoms with Gasteiger partial charge in [-0.25, -0.2) is 0 Å². The zero-order chi connectivity index (χ0) is 24.0. The van der Waals surface area contributed by atoms with Gasteiger partial charge in [0.2, 0.25) is 5.91 Å². The number of likely N-dealkylation sites (N-methyl/N-ethyl adjacent to an activating group) is 1. The van der Waals surface area contributed by atoms with Gasteiger partial charge in [-0.05, 0) is 45.0 Å². The molecule has 0 bridgehead atoms. The van der Waals surface area contributed by atoms with Crippen LogP contribution in [-0.4, -0.2) is 54.1 Å². The van der Waals surface area contributed by atoms with Crippen LogP contribution in [0.15, 0.2) is 48.1 Å². The Kier molecular flexibility index (Phi) is 6.11. The number of allylic oxidation sites excluding steroid dienone is 3. The number of nitrogens with zero attached hydrogens (tertiary/aromatic N) is 3. The summed E-state index contributed by atoms with van der Waals surface area (Å²) in [6.07, 6.45) is 0.757. The standard InChI is InChI=1S/C24H30F3N3O3/c1-16(2)33-18-6-5-17(15-19(18)32-4)22(31)29-11-9-23(10-12-29)20-7-8-21(24(25,26)27)30(20)14-13-28(23)3/h5-8,17H,1,9-15H2,2-4H3. The highest BCUT2D eigenvalue weighted by atomic mass is 19.4. The van der Waals surface area contributed by atoms with Gasteiger partial charge in [0.05, 0.1) is 24.3 Å². The van der Waals surface area contributed by atoms with Gasteiger partial charge in [-0.3, -0.25) is 9.69 Å². The number of piperidine rings is 1. The quantitative estimate of drug-likeness (QED) is 0.624. The molecular formula is C24H30F3N3O3. The number of fused-ring (bicyclic) bond motifs is 2. The van der Waals surface area contributed by atoms with Crippen LogP contribution in [0.25, 0.3) is 0 Å². The van der Waals surface area contributed by atoms with Crippen molar-refractivity contribution in [3.63, 3.8) is 0 Å². The highest BCUT2D eigenvalue weighted by Crippen LogP contribution is 2.44. The monoisotopic (exact) mass is 465 g/mol. The molecule has 1 saturated heterocycles. The normalized spacial score (nSPS) is 23.0. The third-order valence-corrected chi connectivity index (χ3v) is 7.05. The Balaban J connectivity index is 1.48. The molecule has 1 atom stereocenters. The Morgan fingerprint density at radius 1 is 1.18 bits per heavy atom. The van der Waals surface area contributed by atoms with Crippen LogP contribution in [0.2, 0.25) is 0 Å². The second kappa shape index (κ2) is 8.59. The molecule has 0 aromatic carbocycles. The summed E-state index contributed by atoms with van der Waals surface area (Å²) in [5, 5.41) is 0. The van der Waals surface area contributed by atoms with Crippen LogP contribution in [0.5, 0.6) is 0 Å². The second-order valence-electron chi connectivity index (χ2n) is 9.00. The first kappa shape index (κ1) is 23.5. The largest absolute Gasteiger partial charge is 0.497 e. The van der Waals surface area contributed by atoms with E-state index in [1.807, 2.05) is 18.0 Å². The molecule has 1 aromatic rings. The van der Waals surface area contributed by atoms with Gasteiger partial charge >= 0.3 is 6.18 Å². The first-order valence-corrected chi connectivity index (χ1v) is 11.1. The van der Waals surface area contributed by atoms with Gasteiger partial charge in [-0.1, -0.05) is 12.7 Å². The second-order valence-corrected chi connectivity index (χ2v) is 9.00. The van der Waals surface area contributed by atoms with Crippen molar-refractivity contribution in [2.24, 2.45) is 5.92 Å². The van der Waals surface area contributed by atoms with Gasteiger partial charge in [0.15, 0.2) is 5.76 Å². The minimum Gasteiger partial charge on any atom is -0.497 e.